The zero-order valence-electron chi connectivity index (χ0n) is 23.3. The maximum atomic E-state index is 13.6. The molecule has 4 aromatic heterocycles. The van der Waals surface area contributed by atoms with Gasteiger partial charge in [-0.25, -0.2) is 9.78 Å². The number of ether oxygens (including phenoxy) is 2. The van der Waals surface area contributed by atoms with Crippen LogP contribution in [0.5, 0.6) is 5.75 Å². The normalized spacial score (nSPS) is 14.7. The largest absolute Gasteiger partial charge is 0.491 e. The molecule has 0 atom stereocenters. The van der Waals surface area contributed by atoms with E-state index in [-0.39, 0.29) is 35.1 Å². The lowest BCUT2D eigenvalue weighted by Gasteiger charge is -2.36. The van der Waals surface area contributed by atoms with Gasteiger partial charge < -0.3 is 24.5 Å². The molecule has 1 saturated heterocycles. The van der Waals surface area contributed by atoms with Crippen molar-refractivity contribution in [2.24, 2.45) is 0 Å². The Morgan fingerprint density at radius 2 is 1.74 bits per heavy atom. The number of hydrogen-bond donors (Lipinski definition) is 1. The van der Waals surface area contributed by atoms with Crippen LogP contribution >= 0.6 is 0 Å². The van der Waals surface area contributed by atoms with E-state index in [0.29, 0.717) is 43.2 Å². The molecule has 0 amide bonds. The maximum absolute atomic E-state index is 13.6. The van der Waals surface area contributed by atoms with Gasteiger partial charge in [-0.3, -0.25) is 14.0 Å². The number of nitrogens with zero attached hydrogens (tertiary/aromatic N) is 8. The Hall–Kier alpha value is -4.57. The molecule has 0 radical (unpaired) electrons. The minimum atomic E-state index is -4.66. The van der Waals surface area contributed by atoms with E-state index < -0.39 is 18.4 Å². The summed E-state index contributed by atoms with van der Waals surface area (Å²) in [5.74, 6) is 1.06. The van der Waals surface area contributed by atoms with Crippen molar-refractivity contribution in [3.8, 4) is 17.3 Å². The number of rotatable bonds is 10. The van der Waals surface area contributed by atoms with Crippen molar-refractivity contribution < 1.29 is 27.1 Å². The summed E-state index contributed by atoms with van der Waals surface area (Å²) < 4.78 is 59.8. The Kier molecular flexibility index (Phi) is 7.70. The van der Waals surface area contributed by atoms with E-state index in [0.717, 1.165) is 29.0 Å². The predicted octanol–water partition coefficient (Wildman–Crippen LogP) is 2.49. The van der Waals surface area contributed by atoms with Gasteiger partial charge in [-0.05, 0) is 36.4 Å². The van der Waals surface area contributed by atoms with Gasteiger partial charge in [-0.15, -0.1) is 5.10 Å². The fourth-order valence-electron chi connectivity index (χ4n) is 5.20. The summed E-state index contributed by atoms with van der Waals surface area (Å²) in [5, 5.41) is 4.25. The molecule has 2 N–H and O–H groups in total. The van der Waals surface area contributed by atoms with E-state index in [1.54, 1.807) is 19.2 Å². The fourth-order valence-corrected chi connectivity index (χ4v) is 5.20. The lowest BCUT2D eigenvalue weighted by atomic mass is 10.2. The molecule has 1 aromatic carbocycles. The van der Waals surface area contributed by atoms with Crippen LogP contribution in [0.1, 0.15) is 0 Å². The molecule has 1 aliphatic heterocycles. The molecule has 6 rings (SSSR count). The number of fused-ring (bicyclic) bond motifs is 3. The molecule has 43 heavy (non-hydrogen) atoms. The molecule has 0 aliphatic carbocycles. The Balaban J connectivity index is 1.21. The van der Waals surface area contributed by atoms with Crippen molar-refractivity contribution >= 4 is 28.4 Å². The number of nitrogens with two attached hydrogens (primary N) is 1. The van der Waals surface area contributed by atoms with Crippen molar-refractivity contribution in [2.75, 3.05) is 63.7 Å². The third-order valence-corrected chi connectivity index (χ3v) is 7.30. The first kappa shape index (κ1) is 28.5. The highest BCUT2D eigenvalue weighted by Gasteiger charge is 2.33. The molecular formula is C27H30F3N9O4. The molecule has 1 fully saturated rings. The van der Waals surface area contributed by atoms with Crippen LogP contribution in [0.4, 0.5) is 24.8 Å². The van der Waals surface area contributed by atoms with Crippen LogP contribution in [0.25, 0.3) is 28.4 Å². The standard InChI is InChI=1S/C27H30F3N9O4/c1-41-15-16-42-19-6-4-18(5-7-19)36-11-8-35(9-12-36)10-13-37-23-21(38(26(37)40)17-27(28,29)30)24-32-22(20-3-2-14-43-20)34-39(24)25(31)33-23/h2-7,14H,8-13,15-17H2,1H3,(H2,31,33). The molecule has 5 heterocycles. The van der Waals surface area contributed by atoms with Crippen molar-refractivity contribution in [1.29, 1.82) is 0 Å². The van der Waals surface area contributed by atoms with E-state index in [4.69, 9.17) is 19.6 Å². The van der Waals surface area contributed by atoms with Gasteiger partial charge in [0.2, 0.25) is 11.8 Å². The smallest absolute Gasteiger partial charge is 0.406 e. The molecule has 0 spiro atoms. The van der Waals surface area contributed by atoms with E-state index in [9.17, 15) is 18.0 Å². The molecule has 228 valence electrons. The second-order valence-electron chi connectivity index (χ2n) is 10.1. The lowest BCUT2D eigenvalue weighted by molar-refractivity contribution is -0.140. The topological polar surface area (TPSA) is 134 Å². The number of halogens is 3. The monoisotopic (exact) mass is 601 g/mol. The van der Waals surface area contributed by atoms with Crippen molar-refractivity contribution in [2.45, 2.75) is 19.3 Å². The van der Waals surface area contributed by atoms with Crippen LogP contribution < -0.4 is 21.1 Å². The number of benzene rings is 1. The third-order valence-electron chi connectivity index (χ3n) is 7.30. The number of piperazine rings is 1. The Bertz CT molecular complexity index is 1750. The van der Waals surface area contributed by atoms with Crippen molar-refractivity contribution in [3.63, 3.8) is 0 Å². The van der Waals surface area contributed by atoms with Crippen LogP contribution in [0, 0.1) is 0 Å². The number of alkyl halides is 3. The highest BCUT2D eigenvalue weighted by atomic mass is 19.4. The number of anilines is 2. The van der Waals surface area contributed by atoms with Crippen LogP contribution in [0.2, 0.25) is 0 Å². The molecule has 0 saturated carbocycles. The van der Waals surface area contributed by atoms with E-state index in [1.807, 2.05) is 24.3 Å². The van der Waals surface area contributed by atoms with Crippen LogP contribution in [-0.4, -0.2) is 92.8 Å². The summed E-state index contributed by atoms with van der Waals surface area (Å²) >= 11 is 0. The van der Waals surface area contributed by atoms with Crippen LogP contribution in [0.3, 0.4) is 0 Å². The zero-order chi connectivity index (χ0) is 30.1. The highest BCUT2D eigenvalue weighted by Crippen LogP contribution is 2.26. The van der Waals surface area contributed by atoms with Gasteiger partial charge >= 0.3 is 11.9 Å². The summed E-state index contributed by atoms with van der Waals surface area (Å²) in [7, 11) is 1.62. The van der Waals surface area contributed by atoms with Gasteiger partial charge in [0.25, 0.3) is 0 Å². The van der Waals surface area contributed by atoms with Gasteiger partial charge in [0.15, 0.2) is 17.1 Å². The second-order valence-corrected chi connectivity index (χ2v) is 10.1. The van der Waals surface area contributed by atoms with Crippen LogP contribution in [-0.2, 0) is 17.8 Å². The van der Waals surface area contributed by atoms with Gasteiger partial charge in [0, 0.05) is 52.1 Å². The number of hydrogen-bond acceptors (Lipinski definition) is 10. The maximum Gasteiger partial charge on any atom is 0.406 e. The first-order chi connectivity index (χ1) is 20.7. The summed E-state index contributed by atoms with van der Waals surface area (Å²) in [6, 6.07) is 11.1. The van der Waals surface area contributed by atoms with E-state index in [1.165, 1.54) is 10.8 Å². The second kappa shape index (κ2) is 11.6. The first-order valence-electron chi connectivity index (χ1n) is 13.7. The molecule has 13 nitrogen and oxygen atoms in total. The van der Waals surface area contributed by atoms with Gasteiger partial charge in [-0.1, -0.05) is 0 Å². The van der Waals surface area contributed by atoms with Crippen molar-refractivity contribution in [3.05, 3.63) is 53.1 Å². The minimum Gasteiger partial charge on any atom is -0.491 e. The Labute approximate surface area is 242 Å². The van der Waals surface area contributed by atoms with Gasteiger partial charge in [-0.2, -0.15) is 22.7 Å². The number of aromatic nitrogens is 6. The molecule has 1 aliphatic rings. The predicted molar refractivity (Wildman–Crippen MR) is 151 cm³/mol. The molecule has 5 aromatic rings. The first-order valence-corrected chi connectivity index (χ1v) is 13.7. The summed E-state index contributed by atoms with van der Waals surface area (Å²) in [5.41, 5.74) is 6.26. The number of methoxy groups -OCH3 is 1. The average Bonchev–Trinajstić information content (AvgIpc) is 3.72. The Morgan fingerprint density at radius 1 is 0.977 bits per heavy atom. The fraction of sp³-hybridized carbons (Fsp3) is 0.407. The van der Waals surface area contributed by atoms with Crippen molar-refractivity contribution in [1.82, 2.24) is 33.6 Å². The minimum absolute atomic E-state index is 0.0160. The van der Waals surface area contributed by atoms with Gasteiger partial charge in [0.05, 0.1) is 12.9 Å². The molecule has 0 unspecified atom stereocenters. The van der Waals surface area contributed by atoms with E-state index in [2.05, 4.69) is 24.9 Å². The van der Waals surface area contributed by atoms with Crippen LogP contribution in [0.15, 0.2) is 51.9 Å². The quantitative estimate of drug-likeness (QED) is 0.238. The zero-order valence-corrected chi connectivity index (χ0v) is 23.3. The SMILES string of the molecule is COCCOc1ccc(N2CCN(CCn3c(=O)n(CC(F)(F)F)c4c3nc(N)n3nc(-c5ccco5)nc43)CC2)cc1. The number of imidazole rings is 1. The highest BCUT2D eigenvalue weighted by molar-refractivity contribution is 5.88. The molecular weight excluding hydrogens is 571 g/mol. The number of nitrogen functional groups attached to an aromatic ring is 1. The number of furan rings is 1. The lowest BCUT2D eigenvalue weighted by Crippen LogP contribution is -2.47. The summed E-state index contributed by atoms with van der Waals surface area (Å²) in [4.78, 5) is 26.5. The molecule has 0 bridgehead atoms. The Morgan fingerprint density at radius 3 is 2.42 bits per heavy atom. The average molecular weight is 602 g/mol. The van der Waals surface area contributed by atoms with Gasteiger partial charge in [0.1, 0.15) is 24.4 Å². The molecule has 16 heteroatoms. The summed E-state index contributed by atoms with van der Waals surface area (Å²) in [6.07, 6.45) is -3.24. The summed E-state index contributed by atoms with van der Waals surface area (Å²) in [6.45, 7) is 2.94. The van der Waals surface area contributed by atoms with E-state index >= 15 is 0 Å². The third kappa shape index (κ3) is 5.87.